The fourth-order valence-corrected chi connectivity index (χ4v) is 2.79. The van der Waals surface area contributed by atoms with E-state index >= 15 is 0 Å². The van der Waals surface area contributed by atoms with Gasteiger partial charge < -0.3 is 24.1 Å². The average Bonchev–Trinajstić information content (AvgIpc) is 3.09. The van der Waals surface area contributed by atoms with E-state index in [9.17, 15) is 9.18 Å². The van der Waals surface area contributed by atoms with Gasteiger partial charge in [0, 0.05) is 23.4 Å². The Hall–Kier alpha value is -3.55. The van der Waals surface area contributed by atoms with Gasteiger partial charge in [-0.1, -0.05) is 5.16 Å². The molecule has 0 bridgehead atoms. The second-order valence-electron chi connectivity index (χ2n) is 5.84. The van der Waals surface area contributed by atoms with Crippen LogP contribution in [0.4, 0.5) is 10.1 Å². The van der Waals surface area contributed by atoms with Crippen molar-refractivity contribution in [3.05, 3.63) is 53.5 Å². The third-order valence-corrected chi connectivity index (χ3v) is 4.13. The Balaban J connectivity index is 1.96. The van der Waals surface area contributed by atoms with E-state index in [1.54, 1.807) is 19.1 Å². The molecule has 1 aromatic heterocycles. The number of hydrogen-bond acceptors (Lipinski definition) is 6. The van der Waals surface area contributed by atoms with Gasteiger partial charge in [-0.15, -0.1) is 0 Å². The van der Waals surface area contributed by atoms with Crippen LogP contribution < -0.4 is 19.5 Å². The van der Waals surface area contributed by atoms with Crippen molar-refractivity contribution >= 4 is 11.6 Å². The minimum Gasteiger partial charge on any atom is -0.493 e. The van der Waals surface area contributed by atoms with Crippen molar-refractivity contribution in [2.45, 2.75) is 6.92 Å². The molecule has 0 saturated heterocycles. The molecule has 146 valence electrons. The van der Waals surface area contributed by atoms with Gasteiger partial charge in [0.15, 0.2) is 11.5 Å². The van der Waals surface area contributed by atoms with Crippen molar-refractivity contribution in [2.24, 2.45) is 0 Å². The number of nitrogens with one attached hydrogen (secondary N) is 1. The zero-order valence-electron chi connectivity index (χ0n) is 15.8. The largest absolute Gasteiger partial charge is 0.493 e. The van der Waals surface area contributed by atoms with Crippen molar-refractivity contribution in [1.82, 2.24) is 5.16 Å². The molecular weight excluding hydrogens is 367 g/mol. The summed E-state index contributed by atoms with van der Waals surface area (Å²) in [5.74, 6) is 0.732. The van der Waals surface area contributed by atoms with E-state index in [0.29, 0.717) is 40.0 Å². The van der Waals surface area contributed by atoms with Gasteiger partial charge in [0.1, 0.15) is 22.8 Å². The summed E-state index contributed by atoms with van der Waals surface area (Å²) in [6.45, 7) is 1.63. The summed E-state index contributed by atoms with van der Waals surface area (Å²) in [5, 5.41) is 6.72. The van der Waals surface area contributed by atoms with E-state index in [1.807, 2.05) is 0 Å². The number of ether oxygens (including phenoxy) is 3. The van der Waals surface area contributed by atoms with Crippen molar-refractivity contribution in [2.75, 3.05) is 26.6 Å². The maximum atomic E-state index is 13.2. The number of aryl methyl sites for hydroxylation is 1. The number of anilines is 1. The first-order valence-electron chi connectivity index (χ1n) is 8.32. The quantitative estimate of drug-likeness (QED) is 0.688. The molecule has 0 saturated carbocycles. The fourth-order valence-electron chi connectivity index (χ4n) is 2.79. The van der Waals surface area contributed by atoms with Crippen LogP contribution in [-0.4, -0.2) is 32.4 Å². The van der Waals surface area contributed by atoms with E-state index in [2.05, 4.69) is 10.5 Å². The zero-order chi connectivity index (χ0) is 20.3. The predicted molar refractivity (Wildman–Crippen MR) is 101 cm³/mol. The molecule has 0 fully saturated rings. The number of carbonyl (C=O) groups excluding carboxylic acids is 1. The van der Waals surface area contributed by atoms with Crippen LogP contribution in [0.2, 0.25) is 0 Å². The van der Waals surface area contributed by atoms with Gasteiger partial charge in [-0.25, -0.2) is 4.39 Å². The Bertz CT molecular complexity index is 973. The monoisotopic (exact) mass is 386 g/mol. The van der Waals surface area contributed by atoms with Gasteiger partial charge >= 0.3 is 0 Å². The number of rotatable bonds is 6. The molecule has 2 aromatic carbocycles. The van der Waals surface area contributed by atoms with Crippen LogP contribution in [0.25, 0.3) is 11.3 Å². The molecule has 1 heterocycles. The van der Waals surface area contributed by atoms with Gasteiger partial charge in [0.2, 0.25) is 5.75 Å². The van der Waals surface area contributed by atoms with Crippen LogP contribution in [0, 0.1) is 12.7 Å². The smallest absolute Gasteiger partial charge is 0.261 e. The highest BCUT2D eigenvalue weighted by molar-refractivity contribution is 6.09. The molecule has 7 nitrogen and oxygen atoms in total. The molecule has 3 rings (SSSR count). The Morgan fingerprint density at radius 3 is 2.18 bits per heavy atom. The Morgan fingerprint density at radius 2 is 1.64 bits per heavy atom. The summed E-state index contributed by atoms with van der Waals surface area (Å²) in [7, 11) is 4.47. The SMILES string of the molecule is COc1cc(NC(=O)c2c(-c3ccc(F)cc3)noc2C)cc(OC)c1OC. The lowest BCUT2D eigenvalue weighted by Gasteiger charge is -2.14. The molecule has 0 atom stereocenters. The number of benzene rings is 2. The van der Waals surface area contributed by atoms with Gasteiger partial charge in [0.25, 0.3) is 5.91 Å². The van der Waals surface area contributed by atoms with E-state index < -0.39 is 5.91 Å². The number of hydrogen-bond donors (Lipinski definition) is 1. The lowest BCUT2D eigenvalue weighted by Crippen LogP contribution is -2.14. The third-order valence-electron chi connectivity index (χ3n) is 4.13. The van der Waals surface area contributed by atoms with Crippen LogP contribution in [-0.2, 0) is 0 Å². The van der Waals surface area contributed by atoms with Gasteiger partial charge in [0.05, 0.1) is 21.3 Å². The molecule has 0 aliphatic rings. The average molecular weight is 386 g/mol. The number of halogens is 1. The Morgan fingerprint density at radius 1 is 1.04 bits per heavy atom. The number of nitrogens with zero attached hydrogens (tertiary/aromatic N) is 1. The number of aromatic nitrogens is 1. The van der Waals surface area contributed by atoms with Gasteiger partial charge in [-0.05, 0) is 31.2 Å². The second-order valence-corrected chi connectivity index (χ2v) is 5.84. The fraction of sp³-hybridized carbons (Fsp3) is 0.200. The van der Waals surface area contributed by atoms with E-state index in [-0.39, 0.29) is 11.4 Å². The van der Waals surface area contributed by atoms with Gasteiger partial charge in [-0.3, -0.25) is 4.79 Å². The predicted octanol–water partition coefficient (Wildman–Crippen LogP) is 4.07. The standard InChI is InChI=1S/C20H19FN2O5/c1-11-17(18(23-28-11)12-5-7-13(21)8-6-12)20(24)22-14-9-15(25-2)19(27-4)16(10-14)26-3/h5-10H,1-4H3,(H,22,24). The Kier molecular flexibility index (Phi) is 5.49. The normalized spacial score (nSPS) is 10.5. The minimum absolute atomic E-state index is 0.250. The molecule has 1 amide bonds. The van der Waals surface area contributed by atoms with Crippen molar-refractivity contribution in [3.63, 3.8) is 0 Å². The minimum atomic E-state index is -0.438. The molecule has 28 heavy (non-hydrogen) atoms. The van der Waals surface area contributed by atoms with Crippen LogP contribution in [0.3, 0.4) is 0 Å². The molecule has 3 aromatic rings. The third kappa shape index (κ3) is 3.62. The lowest BCUT2D eigenvalue weighted by atomic mass is 10.1. The number of amides is 1. The first-order valence-corrected chi connectivity index (χ1v) is 8.32. The lowest BCUT2D eigenvalue weighted by molar-refractivity contribution is 0.102. The van der Waals surface area contributed by atoms with Crippen molar-refractivity contribution in [3.8, 4) is 28.5 Å². The second kappa shape index (κ2) is 7.99. The van der Waals surface area contributed by atoms with Crippen molar-refractivity contribution in [1.29, 1.82) is 0 Å². The van der Waals surface area contributed by atoms with Gasteiger partial charge in [-0.2, -0.15) is 0 Å². The van der Waals surface area contributed by atoms with Crippen LogP contribution in [0.1, 0.15) is 16.1 Å². The number of methoxy groups -OCH3 is 3. The zero-order valence-corrected chi connectivity index (χ0v) is 15.8. The topological polar surface area (TPSA) is 82.8 Å². The van der Waals surface area contributed by atoms with E-state index in [4.69, 9.17) is 18.7 Å². The van der Waals surface area contributed by atoms with Crippen LogP contribution in [0.15, 0.2) is 40.9 Å². The molecule has 0 aliphatic carbocycles. The summed E-state index contributed by atoms with van der Waals surface area (Å²) in [6.07, 6.45) is 0. The van der Waals surface area contributed by atoms with Crippen molar-refractivity contribution < 1.29 is 27.9 Å². The summed E-state index contributed by atoms with van der Waals surface area (Å²) >= 11 is 0. The summed E-state index contributed by atoms with van der Waals surface area (Å²) in [4.78, 5) is 12.9. The summed E-state index contributed by atoms with van der Waals surface area (Å²) < 4.78 is 34.3. The summed E-state index contributed by atoms with van der Waals surface area (Å²) in [5.41, 5.74) is 1.57. The number of carbonyl (C=O) groups is 1. The van der Waals surface area contributed by atoms with Crippen LogP contribution >= 0.6 is 0 Å². The highest BCUT2D eigenvalue weighted by atomic mass is 19.1. The Labute approximate surface area is 161 Å². The maximum absolute atomic E-state index is 13.2. The first kappa shape index (κ1) is 19.2. The summed E-state index contributed by atoms with van der Waals surface area (Å²) in [6, 6.07) is 8.87. The highest BCUT2D eigenvalue weighted by Gasteiger charge is 2.23. The molecule has 0 aliphatic heterocycles. The highest BCUT2D eigenvalue weighted by Crippen LogP contribution is 2.40. The molecule has 0 radical (unpaired) electrons. The molecular formula is C20H19FN2O5. The van der Waals surface area contributed by atoms with E-state index in [1.165, 1.54) is 45.6 Å². The molecule has 8 heteroatoms. The first-order chi connectivity index (χ1) is 13.5. The molecule has 0 spiro atoms. The molecule has 0 unspecified atom stereocenters. The van der Waals surface area contributed by atoms with Crippen LogP contribution in [0.5, 0.6) is 17.2 Å². The molecule has 1 N–H and O–H groups in total. The maximum Gasteiger partial charge on any atom is 0.261 e. The van der Waals surface area contributed by atoms with E-state index in [0.717, 1.165) is 0 Å².